The van der Waals surface area contributed by atoms with Crippen molar-refractivity contribution in [1.29, 1.82) is 0 Å². The average molecular weight is 462 g/mol. The lowest BCUT2D eigenvalue weighted by molar-refractivity contribution is -0.142. The second-order valence-electron chi connectivity index (χ2n) is 9.08. The van der Waals surface area contributed by atoms with Crippen LogP contribution in [0.15, 0.2) is 48.5 Å². The average Bonchev–Trinajstić information content (AvgIpc) is 3.39. The van der Waals surface area contributed by atoms with Crippen LogP contribution >= 0.6 is 0 Å². The van der Waals surface area contributed by atoms with Crippen molar-refractivity contribution >= 4 is 11.9 Å². The molecule has 3 N–H and O–H groups in total. The van der Waals surface area contributed by atoms with Gasteiger partial charge in [-0.2, -0.15) is 0 Å². The van der Waals surface area contributed by atoms with Gasteiger partial charge in [0.15, 0.2) is 5.82 Å². The van der Waals surface area contributed by atoms with Gasteiger partial charge >= 0.3 is 5.97 Å². The van der Waals surface area contributed by atoms with E-state index in [0.717, 1.165) is 47.9 Å². The molecule has 3 aromatic rings. The highest BCUT2D eigenvalue weighted by atomic mass is 16.4. The second-order valence-corrected chi connectivity index (χ2v) is 9.08. The summed E-state index contributed by atoms with van der Waals surface area (Å²) in [4.78, 5) is 24.2. The number of amides is 1. The lowest BCUT2D eigenvalue weighted by Gasteiger charge is -2.28. The van der Waals surface area contributed by atoms with Crippen molar-refractivity contribution < 1.29 is 14.7 Å². The highest BCUT2D eigenvalue weighted by molar-refractivity contribution is 5.81. The monoisotopic (exact) mass is 461 g/mol. The number of tetrazole rings is 1. The molecule has 1 aliphatic rings. The van der Waals surface area contributed by atoms with Crippen molar-refractivity contribution in [3.63, 3.8) is 0 Å². The fourth-order valence-corrected chi connectivity index (χ4v) is 4.80. The largest absolute Gasteiger partial charge is 0.481 e. The predicted octanol–water partition coefficient (Wildman–Crippen LogP) is 4.25. The predicted molar refractivity (Wildman–Crippen MR) is 129 cm³/mol. The Morgan fingerprint density at radius 1 is 1.06 bits per heavy atom. The Bertz CT molecular complexity index is 1090. The van der Waals surface area contributed by atoms with Crippen LogP contribution in [0.25, 0.3) is 22.5 Å². The van der Waals surface area contributed by atoms with Gasteiger partial charge < -0.3 is 10.4 Å². The Kier molecular flexibility index (Phi) is 7.67. The third-order valence-corrected chi connectivity index (χ3v) is 6.71. The van der Waals surface area contributed by atoms with Crippen LogP contribution in [-0.2, 0) is 16.0 Å². The minimum atomic E-state index is -0.725. The van der Waals surface area contributed by atoms with Crippen molar-refractivity contribution in [2.24, 2.45) is 11.8 Å². The molecule has 0 bridgehead atoms. The van der Waals surface area contributed by atoms with E-state index in [0.29, 0.717) is 25.1 Å². The number of aliphatic carboxylic acids is 1. The Hall–Kier alpha value is -3.55. The number of carbonyl (C=O) groups excluding carboxylic acids is 1. The lowest BCUT2D eigenvalue weighted by Crippen LogP contribution is -2.42. The number of hydrogen-bond acceptors (Lipinski definition) is 5. The maximum Gasteiger partial charge on any atom is 0.306 e. The molecule has 178 valence electrons. The molecular formula is C26H31N5O3. The molecule has 1 aliphatic carbocycles. The molecule has 8 nitrogen and oxygen atoms in total. The second kappa shape index (κ2) is 11.0. The van der Waals surface area contributed by atoms with E-state index in [9.17, 15) is 14.7 Å². The van der Waals surface area contributed by atoms with E-state index in [1.165, 1.54) is 0 Å². The summed E-state index contributed by atoms with van der Waals surface area (Å²) in [5.41, 5.74) is 4.14. The lowest BCUT2D eigenvalue weighted by atomic mass is 9.85. The maximum absolute atomic E-state index is 13.0. The van der Waals surface area contributed by atoms with Crippen molar-refractivity contribution in [3.8, 4) is 22.5 Å². The standard InChI is InChI=1S/C26H31N5O3/c1-2-5-20(25(32)27-21-14-12-19(13-15-21)26(33)34)16-17-8-10-18(11-9-17)22-6-3-4-7-23(22)24-28-30-31-29-24/h3-4,6-11,19-21H,2,5,12-16H2,1H3,(H,27,32)(H,33,34)(H,28,29,30,31)/t19-,20?,21+. The van der Waals surface area contributed by atoms with Crippen LogP contribution in [0.2, 0.25) is 0 Å². The molecule has 34 heavy (non-hydrogen) atoms. The third kappa shape index (κ3) is 5.68. The van der Waals surface area contributed by atoms with Crippen LogP contribution in [0.1, 0.15) is 51.0 Å². The zero-order valence-corrected chi connectivity index (χ0v) is 19.4. The summed E-state index contributed by atoms with van der Waals surface area (Å²) in [6.45, 7) is 2.09. The normalized spacial score (nSPS) is 18.9. The van der Waals surface area contributed by atoms with Gasteiger partial charge in [-0.25, -0.2) is 5.10 Å². The number of aromatic nitrogens is 4. The topological polar surface area (TPSA) is 121 Å². The molecule has 1 heterocycles. The number of carboxylic acid groups (broad SMARTS) is 1. The zero-order valence-electron chi connectivity index (χ0n) is 19.4. The maximum atomic E-state index is 13.0. The van der Waals surface area contributed by atoms with Gasteiger partial charge in [-0.05, 0) is 65.6 Å². The minimum absolute atomic E-state index is 0.0758. The Morgan fingerprint density at radius 2 is 1.76 bits per heavy atom. The number of carbonyl (C=O) groups is 2. The molecule has 0 aliphatic heterocycles. The van der Waals surface area contributed by atoms with Gasteiger partial charge in [0.05, 0.1) is 5.92 Å². The SMILES string of the molecule is CCCC(Cc1ccc(-c2ccccc2-c2nnn[nH]2)cc1)C(=O)N[C@H]1CC[C@@H](C(=O)O)CC1. The van der Waals surface area contributed by atoms with Gasteiger partial charge in [0.2, 0.25) is 5.91 Å². The van der Waals surface area contributed by atoms with Crippen LogP contribution in [0.5, 0.6) is 0 Å². The van der Waals surface area contributed by atoms with E-state index < -0.39 is 5.97 Å². The summed E-state index contributed by atoms with van der Waals surface area (Å²) < 4.78 is 0. The molecule has 0 radical (unpaired) electrons. The number of carboxylic acids is 1. The molecule has 0 spiro atoms. The first-order chi connectivity index (χ1) is 16.5. The van der Waals surface area contributed by atoms with Crippen LogP contribution in [-0.4, -0.2) is 43.6 Å². The summed E-state index contributed by atoms with van der Waals surface area (Å²) >= 11 is 0. The van der Waals surface area contributed by atoms with Crippen molar-refractivity contribution in [2.75, 3.05) is 0 Å². The molecule has 1 saturated carbocycles. The first kappa shape index (κ1) is 23.6. The van der Waals surface area contributed by atoms with Crippen molar-refractivity contribution in [1.82, 2.24) is 25.9 Å². The molecule has 1 amide bonds. The van der Waals surface area contributed by atoms with Gasteiger partial charge in [-0.15, -0.1) is 5.10 Å². The number of H-pyrrole nitrogens is 1. The Balaban J connectivity index is 1.41. The fourth-order valence-electron chi connectivity index (χ4n) is 4.80. The number of rotatable bonds is 9. The van der Waals surface area contributed by atoms with E-state index in [2.05, 4.69) is 57.1 Å². The minimum Gasteiger partial charge on any atom is -0.481 e. The molecule has 4 rings (SSSR count). The summed E-state index contributed by atoms with van der Waals surface area (Å²) in [6, 6.07) is 16.4. The van der Waals surface area contributed by atoms with Gasteiger partial charge in [-0.3, -0.25) is 9.59 Å². The highest BCUT2D eigenvalue weighted by Crippen LogP contribution is 2.30. The molecule has 2 aromatic carbocycles. The van der Waals surface area contributed by atoms with Crippen LogP contribution in [0, 0.1) is 11.8 Å². The van der Waals surface area contributed by atoms with Gasteiger partial charge in [0, 0.05) is 17.5 Å². The van der Waals surface area contributed by atoms with Gasteiger partial charge in [0.25, 0.3) is 0 Å². The van der Waals surface area contributed by atoms with E-state index in [1.54, 1.807) is 0 Å². The van der Waals surface area contributed by atoms with Gasteiger partial charge in [0.1, 0.15) is 0 Å². The molecule has 0 saturated heterocycles. The number of nitrogens with one attached hydrogen (secondary N) is 2. The smallest absolute Gasteiger partial charge is 0.306 e. The summed E-state index contributed by atoms with van der Waals surface area (Å²) in [5, 5.41) is 26.6. The van der Waals surface area contributed by atoms with Gasteiger partial charge in [-0.1, -0.05) is 61.9 Å². The summed E-state index contributed by atoms with van der Waals surface area (Å²) in [5.74, 6) is -0.397. The van der Waals surface area contributed by atoms with E-state index >= 15 is 0 Å². The highest BCUT2D eigenvalue weighted by Gasteiger charge is 2.28. The van der Waals surface area contributed by atoms with Crippen LogP contribution in [0.4, 0.5) is 0 Å². The molecular weight excluding hydrogens is 430 g/mol. The van der Waals surface area contributed by atoms with E-state index in [1.807, 2.05) is 24.3 Å². The Labute approximate surface area is 199 Å². The first-order valence-corrected chi connectivity index (χ1v) is 12.0. The summed E-state index contributed by atoms with van der Waals surface area (Å²) in [7, 11) is 0. The van der Waals surface area contributed by atoms with Crippen LogP contribution < -0.4 is 5.32 Å². The number of aromatic amines is 1. The van der Waals surface area contributed by atoms with Crippen molar-refractivity contribution in [2.45, 2.75) is 57.9 Å². The van der Waals surface area contributed by atoms with E-state index in [-0.39, 0.29) is 23.8 Å². The number of benzene rings is 2. The number of nitrogens with zero attached hydrogens (tertiary/aromatic N) is 3. The molecule has 1 atom stereocenters. The number of hydrogen-bond donors (Lipinski definition) is 3. The van der Waals surface area contributed by atoms with Crippen LogP contribution in [0.3, 0.4) is 0 Å². The third-order valence-electron chi connectivity index (χ3n) is 6.71. The Morgan fingerprint density at radius 3 is 2.38 bits per heavy atom. The molecule has 1 aromatic heterocycles. The van der Waals surface area contributed by atoms with E-state index in [4.69, 9.17) is 0 Å². The zero-order chi connectivity index (χ0) is 23.9. The first-order valence-electron chi connectivity index (χ1n) is 12.0. The quantitative estimate of drug-likeness (QED) is 0.438. The molecule has 1 unspecified atom stereocenters. The summed E-state index contributed by atoms with van der Waals surface area (Å²) in [6.07, 6.45) is 5.16. The fraction of sp³-hybridized carbons (Fsp3) is 0.423. The van der Waals surface area contributed by atoms with Crippen molar-refractivity contribution in [3.05, 3.63) is 54.1 Å². The molecule has 8 heteroatoms. The molecule has 1 fully saturated rings.